The summed E-state index contributed by atoms with van der Waals surface area (Å²) < 4.78 is 0. The maximum Gasteiger partial charge on any atom is 0.0585 e. The Morgan fingerprint density at radius 3 is 1.86 bits per heavy atom. The lowest BCUT2D eigenvalue weighted by Crippen LogP contribution is -2.26. The van der Waals surface area contributed by atoms with E-state index in [1.807, 2.05) is 0 Å². The predicted molar refractivity (Wildman–Crippen MR) is 96.1 cm³/mol. The van der Waals surface area contributed by atoms with Crippen molar-refractivity contribution < 1.29 is 5.11 Å². The maximum atomic E-state index is 8.97. The highest BCUT2D eigenvalue weighted by Crippen LogP contribution is 2.13. The van der Waals surface area contributed by atoms with E-state index >= 15 is 0 Å². The van der Waals surface area contributed by atoms with Crippen molar-refractivity contribution in [3.63, 3.8) is 0 Å². The topological polar surface area (TPSA) is 46.2 Å². The third kappa shape index (κ3) is 9.22. The lowest BCUT2D eigenvalue weighted by Gasteiger charge is -2.08. The van der Waals surface area contributed by atoms with Crippen molar-refractivity contribution in [2.24, 2.45) is 5.73 Å². The van der Waals surface area contributed by atoms with E-state index in [-0.39, 0.29) is 12.6 Å². The second kappa shape index (κ2) is 12.7. The lowest BCUT2D eigenvalue weighted by atomic mass is 10.0. The van der Waals surface area contributed by atoms with Crippen LogP contribution in [-0.2, 0) is 12.8 Å². The zero-order valence-corrected chi connectivity index (χ0v) is 14.4. The Kier molecular flexibility index (Phi) is 11.0. The summed E-state index contributed by atoms with van der Waals surface area (Å²) in [6.07, 6.45) is 14.4. The van der Waals surface area contributed by atoms with Crippen LogP contribution in [0.2, 0.25) is 0 Å². The van der Waals surface area contributed by atoms with Gasteiger partial charge in [0.25, 0.3) is 0 Å². The van der Waals surface area contributed by atoms with Gasteiger partial charge in [0.05, 0.1) is 6.61 Å². The molecule has 126 valence electrons. The van der Waals surface area contributed by atoms with Crippen LogP contribution in [0, 0.1) is 0 Å². The minimum absolute atomic E-state index is 0.0557. The van der Waals surface area contributed by atoms with E-state index in [9.17, 15) is 0 Å². The molecule has 0 aliphatic rings. The first-order valence-corrected chi connectivity index (χ1v) is 9.20. The summed E-state index contributed by atoms with van der Waals surface area (Å²) in [5.41, 5.74) is 8.40. The van der Waals surface area contributed by atoms with Crippen LogP contribution in [-0.4, -0.2) is 17.8 Å². The van der Waals surface area contributed by atoms with Gasteiger partial charge in [-0.25, -0.2) is 0 Å². The van der Waals surface area contributed by atoms with Crippen molar-refractivity contribution in [3.05, 3.63) is 35.4 Å². The molecule has 0 spiro atoms. The number of unbranched alkanes of at least 4 members (excludes halogenated alkanes) is 8. The van der Waals surface area contributed by atoms with E-state index in [1.165, 1.54) is 75.3 Å². The Hall–Kier alpha value is -0.860. The van der Waals surface area contributed by atoms with Gasteiger partial charge < -0.3 is 10.8 Å². The number of hydrogen-bond donors (Lipinski definition) is 2. The van der Waals surface area contributed by atoms with Gasteiger partial charge in [0, 0.05) is 6.04 Å². The van der Waals surface area contributed by atoms with Gasteiger partial charge in [-0.3, -0.25) is 0 Å². The molecule has 3 N–H and O–H groups in total. The van der Waals surface area contributed by atoms with Crippen molar-refractivity contribution in [2.45, 2.75) is 83.6 Å². The fourth-order valence-electron chi connectivity index (χ4n) is 2.85. The number of aliphatic hydroxyl groups is 1. The second-order valence-electron chi connectivity index (χ2n) is 6.54. The summed E-state index contributed by atoms with van der Waals surface area (Å²) in [5, 5.41) is 8.97. The average Bonchev–Trinajstić information content (AvgIpc) is 2.54. The van der Waals surface area contributed by atoms with Crippen LogP contribution in [0.5, 0.6) is 0 Å². The Bertz CT molecular complexity index is 360. The van der Waals surface area contributed by atoms with Crippen LogP contribution in [0.1, 0.15) is 75.8 Å². The average molecular weight is 306 g/mol. The summed E-state index contributed by atoms with van der Waals surface area (Å²) in [4.78, 5) is 0. The lowest BCUT2D eigenvalue weighted by molar-refractivity contribution is 0.265. The van der Waals surface area contributed by atoms with Gasteiger partial charge in [-0.2, -0.15) is 0 Å². The van der Waals surface area contributed by atoms with Gasteiger partial charge in [-0.15, -0.1) is 0 Å². The predicted octanol–water partition coefficient (Wildman–Crippen LogP) is 4.62. The summed E-state index contributed by atoms with van der Waals surface area (Å²) in [7, 11) is 0. The fourth-order valence-corrected chi connectivity index (χ4v) is 2.85. The molecular weight excluding hydrogens is 270 g/mol. The Morgan fingerprint density at radius 1 is 0.818 bits per heavy atom. The molecule has 0 saturated heterocycles. The highest BCUT2D eigenvalue weighted by atomic mass is 16.3. The van der Waals surface area contributed by atoms with Crippen LogP contribution in [0.15, 0.2) is 24.3 Å². The van der Waals surface area contributed by atoms with Gasteiger partial charge in [-0.05, 0) is 30.4 Å². The molecule has 1 rings (SSSR count). The Balaban J connectivity index is 2.05. The second-order valence-corrected chi connectivity index (χ2v) is 6.54. The van der Waals surface area contributed by atoms with Crippen molar-refractivity contribution in [1.29, 1.82) is 0 Å². The first-order valence-electron chi connectivity index (χ1n) is 9.20. The number of nitrogens with two attached hydrogens (primary N) is 1. The molecule has 1 aromatic carbocycles. The standard InChI is InChI=1S/C20H35NO/c1-2-3-4-5-6-7-8-9-10-11-18-12-14-19(15-13-18)16-20(21)17-22/h12-15,20,22H,2-11,16-17,21H2,1H3/t20-/m0/s1. The number of rotatable bonds is 13. The number of hydrogen-bond acceptors (Lipinski definition) is 2. The third-order valence-corrected chi connectivity index (χ3v) is 4.32. The van der Waals surface area contributed by atoms with Crippen LogP contribution in [0.25, 0.3) is 0 Å². The smallest absolute Gasteiger partial charge is 0.0585 e. The van der Waals surface area contributed by atoms with Crippen LogP contribution >= 0.6 is 0 Å². The largest absolute Gasteiger partial charge is 0.395 e. The van der Waals surface area contributed by atoms with Crippen molar-refractivity contribution >= 4 is 0 Å². The molecule has 0 bridgehead atoms. The SMILES string of the molecule is CCCCCCCCCCCc1ccc(C[C@H](N)CO)cc1. The van der Waals surface area contributed by atoms with E-state index in [1.54, 1.807) is 0 Å². The molecule has 0 saturated carbocycles. The molecule has 0 radical (unpaired) electrons. The van der Waals surface area contributed by atoms with Gasteiger partial charge in [0.15, 0.2) is 0 Å². The molecule has 22 heavy (non-hydrogen) atoms. The zero-order chi connectivity index (χ0) is 16.0. The van der Waals surface area contributed by atoms with Gasteiger partial charge in [-0.1, -0.05) is 82.6 Å². The minimum Gasteiger partial charge on any atom is -0.395 e. The van der Waals surface area contributed by atoms with Crippen LogP contribution in [0.4, 0.5) is 0 Å². The molecular formula is C20H35NO. The molecule has 1 atom stereocenters. The first kappa shape index (κ1) is 19.2. The molecule has 0 fully saturated rings. The molecule has 0 unspecified atom stereocenters. The van der Waals surface area contributed by atoms with Crippen LogP contribution < -0.4 is 5.73 Å². The number of benzene rings is 1. The van der Waals surface area contributed by atoms with Crippen molar-refractivity contribution in [2.75, 3.05) is 6.61 Å². The molecule has 0 amide bonds. The summed E-state index contributed by atoms with van der Waals surface area (Å²) >= 11 is 0. The van der Waals surface area contributed by atoms with Gasteiger partial charge >= 0.3 is 0 Å². The highest BCUT2D eigenvalue weighted by molar-refractivity contribution is 5.23. The molecule has 0 heterocycles. The first-order chi connectivity index (χ1) is 10.8. The number of aryl methyl sites for hydroxylation is 1. The quantitative estimate of drug-likeness (QED) is 0.522. The maximum absolute atomic E-state index is 8.97. The van der Waals surface area contributed by atoms with E-state index in [0.29, 0.717) is 0 Å². The Morgan fingerprint density at radius 2 is 1.32 bits per heavy atom. The van der Waals surface area contributed by atoms with E-state index in [0.717, 1.165) is 6.42 Å². The molecule has 0 aliphatic heterocycles. The van der Waals surface area contributed by atoms with Gasteiger partial charge in [0.2, 0.25) is 0 Å². The molecule has 0 aliphatic carbocycles. The molecule has 0 aromatic heterocycles. The number of aliphatic hydroxyl groups excluding tert-OH is 1. The summed E-state index contributed by atoms with van der Waals surface area (Å²) in [6, 6.07) is 8.59. The fraction of sp³-hybridized carbons (Fsp3) is 0.700. The molecule has 2 nitrogen and oxygen atoms in total. The summed E-state index contributed by atoms with van der Waals surface area (Å²) in [6.45, 7) is 2.33. The minimum atomic E-state index is -0.136. The monoisotopic (exact) mass is 305 g/mol. The van der Waals surface area contributed by atoms with Gasteiger partial charge in [0.1, 0.15) is 0 Å². The van der Waals surface area contributed by atoms with Crippen molar-refractivity contribution in [1.82, 2.24) is 0 Å². The van der Waals surface area contributed by atoms with Crippen molar-refractivity contribution in [3.8, 4) is 0 Å². The highest BCUT2D eigenvalue weighted by Gasteiger charge is 2.02. The summed E-state index contributed by atoms with van der Waals surface area (Å²) in [5.74, 6) is 0. The van der Waals surface area contributed by atoms with E-state index in [2.05, 4.69) is 31.2 Å². The normalized spacial score (nSPS) is 12.5. The zero-order valence-electron chi connectivity index (χ0n) is 14.4. The molecule has 2 heteroatoms. The van der Waals surface area contributed by atoms with Crippen LogP contribution in [0.3, 0.4) is 0 Å². The third-order valence-electron chi connectivity index (χ3n) is 4.32. The molecule has 1 aromatic rings. The van der Waals surface area contributed by atoms with E-state index in [4.69, 9.17) is 10.8 Å². The Labute approximate surface area is 137 Å². The van der Waals surface area contributed by atoms with E-state index < -0.39 is 0 Å².